The van der Waals surface area contributed by atoms with Gasteiger partial charge in [-0.3, -0.25) is 4.79 Å². The summed E-state index contributed by atoms with van der Waals surface area (Å²) in [5.74, 6) is 0.641. The zero-order valence-corrected chi connectivity index (χ0v) is 12.3. The molecule has 0 bridgehead atoms. The highest BCUT2D eigenvalue weighted by Crippen LogP contribution is 2.26. The molecule has 0 spiro atoms. The summed E-state index contributed by atoms with van der Waals surface area (Å²) < 4.78 is 5.59. The van der Waals surface area contributed by atoms with Crippen molar-refractivity contribution in [2.45, 2.75) is 6.92 Å². The van der Waals surface area contributed by atoms with E-state index in [0.29, 0.717) is 10.6 Å². The van der Waals surface area contributed by atoms with Crippen molar-refractivity contribution in [2.24, 2.45) is 0 Å². The molecule has 0 saturated carbocycles. The minimum absolute atomic E-state index is 0.161. The first-order valence-electron chi connectivity index (χ1n) is 6.63. The van der Waals surface area contributed by atoms with Crippen LogP contribution in [-0.2, 0) is 4.79 Å². The number of fused-ring (bicyclic) bond motifs is 1. The zero-order valence-electron chi connectivity index (χ0n) is 11.5. The monoisotopic (exact) mass is 299 g/mol. The van der Waals surface area contributed by atoms with Gasteiger partial charge in [-0.2, -0.15) is 0 Å². The van der Waals surface area contributed by atoms with Gasteiger partial charge >= 0.3 is 0 Å². The van der Waals surface area contributed by atoms with Crippen LogP contribution in [0.4, 0.5) is 5.69 Å². The van der Waals surface area contributed by atoms with E-state index in [-0.39, 0.29) is 12.5 Å². The summed E-state index contributed by atoms with van der Waals surface area (Å²) in [4.78, 5) is 12.3. The highest BCUT2D eigenvalue weighted by molar-refractivity contribution is 6.31. The molecule has 0 saturated heterocycles. The molecule has 21 heavy (non-hydrogen) atoms. The molecule has 2 aromatic rings. The van der Waals surface area contributed by atoms with Gasteiger partial charge in [-0.25, -0.2) is 0 Å². The van der Waals surface area contributed by atoms with Crippen LogP contribution < -0.4 is 10.1 Å². The highest BCUT2D eigenvalue weighted by Gasteiger charge is 2.17. The molecule has 1 heterocycles. The first-order chi connectivity index (χ1) is 10.1. The number of rotatable bonds is 2. The van der Waals surface area contributed by atoms with Crippen molar-refractivity contribution in [3.63, 3.8) is 0 Å². The minimum Gasteiger partial charge on any atom is -0.488 e. The Balaban J connectivity index is 1.80. The third-order valence-corrected chi connectivity index (χ3v) is 3.76. The van der Waals surface area contributed by atoms with Crippen LogP contribution in [0.2, 0.25) is 5.02 Å². The van der Waals surface area contributed by atoms with Gasteiger partial charge < -0.3 is 10.1 Å². The van der Waals surface area contributed by atoms with Crippen molar-refractivity contribution in [2.75, 3.05) is 11.9 Å². The first-order valence-corrected chi connectivity index (χ1v) is 7.01. The van der Waals surface area contributed by atoms with E-state index in [4.69, 9.17) is 16.3 Å². The Hall–Kier alpha value is -2.26. The van der Waals surface area contributed by atoms with Crippen molar-refractivity contribution in [3.8, 4) is 5.75 Å². The maximum Gasteiger partial charge on any atom is 0.255 e. The van der Waals surface area contributed by atoms with Gasteiger partial charge in [0.2, 0.25) is 0 Å². The predicted molar refractivity (Wildman–Crippen MR) is 84.7 cm³/mol. The summed E-state index contributed by atoms with van der Waals surface area (Å²) in [6.45, 7) is 2.17. The van der Waals surface area contributed by atoms with E-state index >= 15 is 0 Å². The number of amides is 1. The molecular weight excluding hydrogens is 286 g/mol. The van der Waals surface area contributed by atoms with Crippen LogP contribution in [0.3, 0.4) is 0 Å². The SMILES string of the molecule is Cc1cc(NC(=O)C2=Cc3ccccc3OC2)ccc1Cl. The fraction of sp³-hybridized carbons (Fsp3) is 0.118. The topological polar surface area (TPSA) is 38.3 Å². The van der Waals surface area contributed by atoms with Gasteiger partial charge in [-0.05, 0) is 42.8 Å². The van der Waals surface area contributed by atoms with Gasteiger partial charge in [0.25, 0.3) is 5.91 Å². The van der Waals surface area contributed by atoms with Crippen molar-refractivity contribution in [1.29, 1.82) is 0 Å². The summed E-state index contributed by atoms with van der Waals surface area (Å²) in [7, 11) is 0. The molecule has 1 amide bonds. The zero-order chi connectivity index (χ0) is 14.8. The van der Waals surface area contributed by atoms with Crippen LogP contribution >= 0.6 is 11.6 Å². The Kier molecular flexibility index (Phi) is 3.67. The largest absolute Gasteiger partial charge is 0.488 e. The molecule has 4 heteroatoms. The number of carbonyl (C=O) groups is 1. The fourth-order valence-electron chi connectivity index (χ4n) is 2.18. The molecule has 0 unspecified atom stereocenters. The van der Waals surface area contributed by atoms with Crippen molar-refractivity contribution < 1.29 is 9.53 Å². The van der Waals surface area contributed by atoms with E-state index in [1.165, 1.54) is 0 Å². The number of halogens is 1. The molecule has 0 aromatic heterocycles. The molecule has 1 aliphatic heterocycles. The number of benzene rings is 2. The first kappa shape index (κ1) is 13.7. The Bertz CT molecular complexity index is 737. The molecule has 0 radical (unpaired) electrons. The van der Waals surface area contributed by atoms with E-state index in [9.17, 15) is 4.79 Å². The van der Waals surface area contributed by atoms with Crippen LogP contribution in [-0.4, -0.2) is 12.5 Å². The number of aryl methyl sites for hydroxylation is 1. The van der Waals surface area contributed by atoms with E-state index in [2.05, 4.69) is 5.32 Å². The maximum atomic E-state index is 12.3. The van der Waals surface area contributed by atoms with Crippen LogP contribution in [0, 0.1) is 6.92 Å². The van der Waals surface area contributed by atoms with Crippen LogP contribution in [0.25, 0.3) is 6.08 Å². The van der Waals surface area contributed by atoms with E-state index in [1.807, 2.05) is 43.3 Å². The molecule has 1 N–H and O–H groups in total. The van der Waals surface area contributed by atoms with Crippen molar-refractivity contribution >= 4 is 29.3 Å². The Morgan fingerprint density at radius 1 is 1.24 bits per heavy atom. The average Bonchev–Trinajstić information content (AvgIpc) is 2.50. The van der Waals surface area contributed by atoms with E-state index < -0.39 is 0 Å². The number of hydrogen-bond acceptors (Lipinski definition) is 2. The standard InChI is InChI=1S/C17H14ClNO2/c1-11-8-14(6-7-15(11)18)19-17(20)13-9-12-4-2-3-5-16(12)21-10-13/h2-9H,10H2,1H3,(H,19,20). The molecular formula is C17H14ClNO2. The number of anilines is 1. The third kappa shape index (κ3) is 2.93. The second kappa shape index (κ2) is 5.62. The number of para-hydroxylation sites is 1. The van der Waals surface area contributed by atoms with Gasteiger partial charge in [0, 0.05) is 16.3 Å². The summed E-state index contributed by atoms with van der Waals surface area (Å²) in [6.07, 6.45) is 1.86. The average molecular weight is 300 g/mol. The minimum atomic E-state index is -0.161. The maximum absolute atomic E-state index is 12.3. The molecule has 3 nitrogen and oxygen atoms in total. The Labute approximate surface area is 128 Å². The smallest absolute Gasteiger partial charge is 0.255 e. The van der Waals surface area contributed by atoms with Crippen molar-refractivity contribution in [3.05, 3.63) is 64.2 Å². The Morgan fingerprint density at radius 3 is 2.86 bits per heavy atom. The van der Waals surface area contributed by atoms with Crippen LogP contribution in [0.1, 0.15) is 11.1 Å². The lowest BCUT2D eigenvalue weighted by atomic mass is 10.1. The number of carbonyl (C=O) groups excluding carboxylic acids is 1. The number of hydrogen-bond donors (Lipinski definition) is 1. The molecule has 0 aliphatic carbocycles. The quantitative estimate of drug-likeness (QED) is 0.908. The van der Waals surface area contributed by atoms with Gasteiger partial charge in [-0.1, -0.05) is 29.8 Å². The lowest BCUT2D eigenvalue weighted by molar-refractivity contribution is -0.113. The molecule has 3 rings (SSSR count). The molecule has 1 aliphatic rings. The second-order valence-electron chi connectivity index (χ2n) is 4.91. The fourth-order valence-corrected chi connectivity index (χ4v) is 2.30. The second-order valence-corrected chi connectivity index (χ2v) is 5.32. The summed E-state index contributed by atoms with van der Waals surface area (Å²) in [5, 5.41) is 3.55. The van der Waals surface area contributed by atoms with Gasteiger partial charge in [0.15, 0.2) is 0 Å². The predicted octanol–water partition coefficient (Wildman–Crippen LogP) is 4.06. The van der Waals surface area contributed by atoms with Gasteiger partial charge in [0.05, 0.1) is 5.57 Å². The van der Waals surface area contributed by atoms with E-state index in [0.717, 1.165) is 22.6 Å². The Morgan fingerprint density at radius 2 is 2.05 bits per heavy atom. The molecule has 2 aromatic carbocycles. The van der Waals surface area contributed by atoms with Gasteiger partial charge in [-0.15, -0.1) is 0 Å². The summed E-state index contributed by atoms with van der Waals surface area (Å²) >= 11 is 5.98. The highest BCUT2D eigenvalue weighted by atomic mass is 35.5. The molecule has 0 atom stereocenters. The van der Waals surface area contributed by atoms with E-state index in [1.54, 1.807) is 12.1 Å². The third-order valence-electron chi connectivity index (χ3n) is 3.34. The number of ether oxygens (including phenoxy) is 1. The molecule has 0 fully saturated rings. The number of nitrogens with one attached hydrogen (secondary N) is 1. The normalized spacial score (nSPS) is 13.0. The van der Waals surface area contributed by atoms with Gasteiger partial charge in [0.1, 0.15) is 12.4 Å². The lowest BCUT2D eigenvalue weighted by Crippen LogP contribution is -2.21. The summed E-state index contributed by atoms with van der Waals surface area (Å²) in [5.41, 5.74) is 3.16. The molecule has 106 valence electrons. The summed E-state index contributed by atoms with van der Waals surface area (Å²) in [6, 6.07) is 13.0. The van der Waals surface area contributed by atoms with Crippen LogP contribution in [0.15, 0.2) is 48.0 Å². The lowest BCUT2D eigenvalue weighted by Gasteiger charge is -2.17. The van der Waals surface area contributed by atoms with Crippen LogP contribution in [0.5, 0.6) is 5.75 Å². The van der Waals surface area contributed by atoms with Crippen molar-refractivity contribution in [1.82, 2.24) is 0 Å².